The number of methoxy groups -OCH3 is 1. The van der Waals surface area contributed by atoms with Gasteiger partial charge < -0.3 is 30.4 Å². The van der Waals surface area contributed by atoms with Gasteiger partial charge in [0.15, 0.2) is 0 Å². The van der Waals surface area contributed by atoms with Gasteiger partial charge in [0.25, 0.3) is 0 Å². The van der Waals surface area contributed by atoms with Gasteiger partial charge >= 0.3 is 0 Å². The van der Waals surface area contributed by atoms with Gasteiger partial charge in [0, 0.05) is 91.3 Å². The number of pyridine rings is 2. The third kappa shape index (κ3) is 7.15. The lowest BCUT2D eigenvalue weighted by Crippen LogP contribution is -2.35. The van der Waals surface area contributed by atoms with Crippen molar-refractivity contribution in [2.75, 3.05) is 20.2 Å². The molecule has 9 nitrogen and oxygen atoms in total. The summed E-state index contributed by atoms with van der Waals surface area (Å²) in [6.45, 7) is 4.21. The van der Waals surface area contributed by atoms with Crippen molar-refractivity contribution in [1.82, 2.24) is 30.5 Å². The summed E-state index contributed by atoms with van der Waals surface area (Å²) in [5, 5.41) is 21.4. The van der Waals surface area contributed by atoms with Crippen LogP contribution in [0.15, 0.2) is 67.0 Å². The molecule has 5 aromatic rings. The molecule has 0 aliphatic carbocycles. The first-order chi connectivity index (χ1) is 22.7. The van der Waals surface area contributed by atoms with Gasteiger partial charge in [-0.05, 0) is 43.2 Å². The Balaban J connectivity index is 1.26. The molecule has 1 amide bonds. The minimum atomic E-state index is -0.412. The number of aliphatic hydroxyl groups excluding tert-OH is 1. The van der Waals surface area contributed by atoms with Gasteiger partial charge in [-0.3, -0.25) is 9.78 Å². The van der Waals surface area contributed by atoms with Gasteiger partial charge in [-0.2, -0.15) is 0 Å². The molecule has 11 heteroatoms. The van der Waals surface area contributed by atoms with Crippen molar-refractivity contribution in [2.45, 2.75) is 45.0 Å². The van der Waals surface area contributed by atoms with E-state index in [4.69, 9.17) is 32.9 Å². The zero-order chi connectivity index (χ0) is 33.1. The van der Waals surface area contributed by atoms with E-state index in [1.54, 1.807) is 20.2 Å². The highest BCUT2D eigenvalue weighted by molar-refractivity contribution is 6.39. The summed E-state index contributed by atoms with van der Waals surface area (Å²) in [6.07, 6.45) is 4.81. The second-order valence-electron chi connectivity index (χ2n) is 12.0. The first-order valence-electron chi connectivity index (χ1n) is 15.7. The lowest BCUT2D eigenvalue weighted by molar-refractivity contribution is -0.119. The van der Waals surface area contributed by atoms with Crippen molar-refractivity contribution in [3.8, 4) is 39.4 Å². The van der Waals surface area contributed by atoms with Crippen molar-refractivity contribution >= 4 is 40.1 Å². The minimum absolute atomic E-state index is 0.108. The van der Waals surface area contributed by atoms with Gasteiger partial charge in [0.05, 0.1) is 34.6 Å². The molecule has 47 heavy (non-hydrogen) atoms. The van der Waals surface area contributed by atoms with Gasteiger partial charge in [0.2, 0.25) is 5.91 Å². The number of fused-ring (bicyclic) bond motifs is 1. The second kappa shape index (κ2) is 14.4. The number of nitrogens with zero attached hydrogens (tertiary/aromatic N) is 3. The average Bonchev–Trinajstić information content (AvgIpc) is 3.62. The monoisotopic (exact) mass is 672 g/mol. The lowest BCUT2D eigenvalue weighted by Gasteiger charge is -2.16. The number of hydrogen-bond donors (Lipinski definition) is 4. The van der Waals surface area contributed by atoms with E-state index < -0.39 is 6.10 Å². The van der Waals surface area contributed by atoms with Crippen molar-refractivity contribution < 1.29 is 14.6 Å². The first kappa shape index (κ1) is 32.9. The summed E-state index contributed by atoms with van der Waals surface area (Å²) in [7, 11) is 3.62. The molecule has 3 aromatic heterocycles. The fraction of sp³-hybridized carbons (Fsp3) is 0.306. The van der Waals surface area contributed by atoms with E-state index in [2.05, 4.69) is 33.2 Å². The minimum Gasteiger partial charge on any atom is -0.496 e. The average molecular weight is 674 g/mol. The van der Waals surface area contributed by atoms with E-state index in [9.17, 15) is 9.90 Å². The molecular weight excluding hydrogens is 635 g/mol. The number of amides is 1. The van der Waals surface area contributed by atoms with Crippen molar-refractivity contribution in [3.63, 3.8) is 0 Å². The Hall–Kier alpha value is -3.99. The first-order valence-corrected chi connectivity index (χ1v) is 16.4. The van der Waals surface area contributed by atoms with Crippen LogP contribution in [-0.2, 0) is 24.9 Å². The lowest BCUT2D eigenvalue weighted by atomic mass is 9.99. The molecule has 0 unspecified atom stereocenters. The van der Waals surface area contributed by atoms with E-state index >= 15 is 0 Å². The second-order valence-corrected chi connectivity index (χ2v) is 12.7. The topological polar surface area (TPSA) is 113 Å². The van der Waals surface area contributed by atoms with Gasteiger partial charge in [-0.25, -0.2) is 4.98 Å². The van der Waals surface area contributed by atoms with E-state index in [1.165, 1.54) is 0 Å². The van der Waals surface area contributed by atoms with Gasteiger partial charge in [0.1, 0.15) is 11.4 Å². The number of nitrogens with one attached hydrogen (secondary N) is 3. The summed E-state index contributed by atoms with van der Waals surface area (Å²) in [4.78, 5) is 21.1. The summed E-state index contributed by atoms with van der Waals surface area (Å²) in [6, 6.07) is 17.9. The fourth-order valence-electron chi connectivity index (χ4n) is 6.08. The molecular formula is C36H38Cl2N6O3. The normalized spacial score (nSPS) is 15.3. The summed E-state index contributed by atoms with van der Waals surface area (Å²) in [5.41, 5.74) is 7.49. The van der Waals surface area contributed by atoms with E-state index in [0.29, 0.717) is 48.3 Å². The number of aliphatic hydroxyl groups is 1. The number of halogens is 2. The maximum atomic E-state index is 11.5. The largest absolute Gasteiger partial charge is 0.496 e. The zero-order valence-corrected chi connectivity index (χ0v) is 28.1. The molecule has 1 aliphatic rings. The van der Waals surface area contributed by atoms with E-state index in [0.717, 1.165) is 62.3 Å². The third-order valence-corrected chi connectivity index (χ3v) is 9.26. The van der Waals surface area contributed by atoms with Crippen molar-refractivity contribution in [3.05, 3.63) is 88.2 Å². The Morgan fingerprint density at radius 3 is 2.60 bits per heavy atom. The quantitative estimate of drug-likeness (QED) is 0.126. The molecule has 0 saturated carbocycles. The number of carbonyl (C=O) groups is 1. The van der Waals surface area contributed by atoms with Crippen LogP contribution in [-0.4, -0.2) is 57.9 Å². The van der Waals surface area contributed by atoms with Gasteiger partial charge in [-0.1, -0.05) is 53.5 Å². The standard InChI is InChI=1S/C36H38Cl2N6O3/c1-21(45)16-39-18-24-20-44(2)36-26(24)10-11-30(43-36)29-6-4-5-27(33(29)37)28-13-14-41-35(34(28)38)22-7-8-23(31(15-22)47-3)17-40-19-25-9-12-32(46)42-25/h4-8,10-11,13-15,20-21,25,39-40,45H,9,12,16-19H2,1-3H3,(H,42,46)/t21-,25+/m1/s1. The number of rotatable bonds is 12. The molecule has 4 heterocycles. The predicted octanol–water partition coefficient (Wildman–Crippen LogP) is 6.12. The van der Waals surface area contributed by atoms with Crippen molar-refractivity contribution in [2.24, 2.45) is 7.05 Å². The summed E-state index contributed by atoms with van der Waals surface area (Å²) >= 11 is 14.2. The zero-order valence-electron chi connectivity index (χ0n) is 26.6. The molecule has 0 spiro atoms. The Bertz CT molecular complexity index is 1930. The van der Waals surface area contributed by atoms with E-state index in [-0.39, 0.29) is 11.9 Å². The number of benzene rings is 2. The number of ether oxygens (including phenoxy) is 1. The molecule has 4 N–H and O–H groups in total. The molecule has 0 bridgehead atoms. The van der Waals surface area contributed by atoms with Crippen LogP contribution in [0.1, 0.15) is 30.9 Å². The van der Waals surface area contributed by atoms with Crippen LogP contribution in [0.3, 0.4) is 0 Å². The Morgan fingerprint density at radius 2 is 1.83 bits per heavy atom. The van der Waals surface area contributed by atoms with Crippen LogP contribution in [0.5, 0.6) is 5.75 Å². The Kier molecular flexibility index (Phi) is 10.1. The molecule has 2 aromatic carbocycles. The van der Waals surface area contributed by atoms with Crippen LogP contribution in [0.2, 0.25) is 10.0 Å². The van der Waals surface area contributed by atoms with Crippen LogP contribution >= 0.6 is 23.2 Å². The summed E-state index contributed by atoms with van der Waals surface area (Å²) < 4.78 is 7.74. The van der Waals surface area contributed by atoms with Gasteiger partial charge in [-0.15, -0.1) is 0 Å². The molecule has 1 fully saturated rings. The highest BCUT2D eigenvalue weighted by atomic mass is 35.5. The summed E-state index contributed by atoms with van der Waals surface area (Å²) in [5.74, 6) is 0.828. The maximum absolute atomic E-state index is 11.5. The molecule has 0 radical (unpaired) electrons. The van der Waals surface area contributed by atoms with E-state index in [1.807, 2.05) is 60.1 Å². The number of hydrogen-bond acceptors (Lipinski definition) is 7. The van der Waals surface area contributed by atoms with Crippen LogP contribution in [0.4, 0.5) is 0 Å². The molecule has 6 rings (SSSR count). The Labute approximate surface area is 284 Å². The SMILES string of the molecule is COc1cc(-c2nccc(-c3cccc(-c4ccc5c(CNC[C@@H](C)O)cn(C)c5n4)c3Cl)c2Cl)ccc1CNC[C@@H]1CCC(=O)N1. The maximum Gasteiger partial charge on any atom is 0.220 e. The molecule has 1 saturated heterocycles. The highest BCUT2D eigenvalue weighted by Gasteiger charge is 2.21. The number of aryl methyl sites for hydroxylation is 1. The number of carbonyl (C=O) groups excluding carboxylic acids is 1. The molecule has 1 aliphatic heterocycles. The predicted molar refractivity (Wildman–Crippen MR) is 188 cm³/mol. The van der Waals surface area contributed by atoms with Crippen LogP contribution in [0.25, 0.3) is 44.7 Å². The molecule has 2 atom stereocenters. The fourth-order valence-corrected chi connectivity index (χ4v) is 6.73. The van der Waals surface area contributed by atoms with Crippen LogP contribution in [0, 0.1) is 0 Å². The van der Waals surface area contributed by atoms with Crippen LogP contribution < -0.4 is 20.7 Å². The third-order valence-electron chi connectivity index (χ3n) is 8.47. The van der Waals surface area contributed by atoms with Crippen molar-refractivity contribution in [1.29, 1.82) is 0 Å². The highest BCUT2D eigenvalue weighted by Crippen LogP contribution is 2.42. The molecule has 244 valence electrons. The smallest absolute Gasteiger partial charge is 0.220 e. The number of aromatic nitrogens is 3. The Morgan fingerprint density at radius 1 is 1.04 bits per heavy atom.